The predicted molar refractivity (Wildman–Crippen MR) is 122 cm³/mol. The average Bonchev–Trinajstić information content (AvgIpc) is 3.56. The average molecular weight is 437 g/mol. The molecule has 1 saturated carbocycles. The fourth-order valence-electron chi connectivity index (χ4n) is 3.22. The van der Waals surface area contributed by atoms with E-state index in [1.165, 1.54) is 16.8 Å². The number of thioether (sulfide) groups is 1. The van der Waals surface area contributed by atoms with Crippen molar-refractivity contribution in [1.82, 2.24) is 5.32 Å². The Morgan fingerprint density at radius 3 is 2.61 bits per heavy atom. The van der Waals surface area contributed by atoms with Gasteiger partial charge >= 0.3 is 0 Å². The second kappa shape index (κ2) is 9.34. The number of rotatable bonds is 7. The first kappa shape index (κ1) is 21.1. The van der Waals surface area contributed by atoms with E-state index in [1.54, 1.807) is 12.1 Å². The number of para-hydroxylation sites is 1. The number of benzene rings is 2. The monoisotopic (exact) mass is 436 g/mol. The highest BCUT2D eigenvalue weighted by molar-refractivity contribution is 8.00. The Morgan fingerprint density at radius 1 is 1.13 bits per heavy atom. The van der Waals surface area contributed by atoms with Crippen LogP contribution in [0.1, 0.15) is 32.6 Å². The molecule has 1 fully saturated rings. The van der Waals surface area contributed by atoms with E-state index in [2.05, 4.69) is 15.7 Å². The molecule has 1 unspecified atom stereocenters. The summed E-state index contributed by atoms with van der Waals surface area (Å²) >= 11 is 1.43. The van der Waals surface area contributed by atoms with Crippen molar-refractivity contribution in [1.29, 1.82) is 0 Å². The van der Waals surface area contributed by atoms with Crippen LogP contribution in [0.2, 0.25) is 0 Å². The Bertz CT molecular complexity index is 1020. The van der Waals surface area contributed by atoms with E-state index in [0.717, 1.165) is 23.4 Å². The SMILES string of the molecule is CCC(Sc1cccc(NC(=O)C2CC2)c1)C(=O)NC1=NN(c2ccccc2)C(=O)C1. The molecule has 2 N–H and O–H groups in total. The van der Waals surface area contributed by atoms with E-state index >= 15 is 0 Å². The minimum atomic E-state index is -0.349. The first-order chi connectivity index (χ1) is 15.0. The molecular formula is C23H24N4O3S. The normalized spacial score (nSPS) is 16.6. The standard InChI is InChI=1S/C23H24N4O3S/c1-2-19(31-18-10-6-7-16(13-18)24-22(29)15-11-12-15)23(30)25-20-14-21(28)27(26-20)17-8-4-3-5-9-17/h3-10,13,15,19H,2,11-12,14H2,1H3,(H,24,29)(H,25,26,30). The number of amidine groups is 1. The summed E-state index contributed by atoms with van der Waals surface area (Å²) < 4.78 is 0. The van der Waals surface area contributed by atoms with E-state index in [0.29, 0.717) is 17.9 Å². The molecule has 1 heterocycles. The topological polar surface area (TPSA) is 90.9 Å². The molecule has 2 aliphatic rings. The molecule has 0 aromatic heterocycles. The lowest BCUT2D eigenvalue weighted by Gasteiger charge is -2.15. The zero-order valence-electron chi connectivity index (χ0n) is 17.2. The molecular weight excluding hydrogens is 412 g/mol. The van der Waals surface area contributed by atoms with Crippen LogP contribution in [-0.4, -0.2) is 28.8 Å². The van der Waals surface area contributed by atoms with Gasteiger partial charge in [-0.1, -0.05) is 31.2 Å². The van der Waals surface area contributed by atoms with Gasteiger partial charge in [0.05, 0.1) is 17.4 Å². The third-order valence-corrected chi connectivity index (χ3v) is 6.39. The summed E-state index contributed by atoms with van der Waals surface area (Å²) in [5, 5.41) is 11.0. The Hall–Kier alpha value is -3.13. The molecule has 160 valence electrons. The van der Waals surface area contributed by atoms with Crippen LogP contribution in [0.4, 0.5) is 11.4 Å². The van der Waals surface area contributed by atoms with Gasteiger partial charge in [-0.3, -0.25) is 14.4 Å². The maximum absolute atomic E-state index is 12.8. The molecule has 1 aliphatic carbocycles. The number of carbonyl (C=O) groups is 3. The van der Waals surface area contributed by atoms with Crippen molar-refractivity contribution in [2.75, 3.05) is 10.3 Å². The van der Waals surface area contributed by atoms with E-state index < -0.39 is 0 Å². The molecule has 3 amide bonds. The van der Waals surface area contributed by atoms with Gasteiger partial charge in [0, 0.05) is 16.5 Å². The number of nitrogens with one attached hydrogen (secondary N) is 2. The van der Waals surface area contributed by atoms with E-state index in [9.17, 15) is 14.4 Å². The number of nitrogens with zero attached hydrogens (tertiary/aromatic N) is 2. The Kier molecular flexibility index (Phi) is 6.36. The third-order valence-electron chi connectivity index (χ3n) is 5.04. The minimum absolute atomic E-state index is 0.0545. The summed E-state index contributed by atoms with van der Waals surface area (Å²) in [5.41, 5.74) is 1.41. The number of hydrogen-bond donors (Lipinski definition) is 2. The summed E-state index contributed by atoms with van der Waals surface area (Å²) in [6, 6.07) is 16.6. The van der Waals surface area contributed by atoms with Crippen molar-refractivity contribution in [2.45, 2.75) is 42.8 Å². The quantitative estimate of drug-likeness (QED) is 0.647. The summed E-state index contributed by atoms with van der Waals surface area (Å²) in [7, 11) is 0. The van der Waals surface area contributed by atoms with Crippen LogP contribution >= 0.6 is 11.8 Å². The second-order valence-corrected chi connectivity index (χ2v) is 8.84. The first-order valence-corrected chi connectivity index (χ1v) is 11.3. The molecule has 0 saturated heterocycles. The van der Waals surface area contributed by atoms with Crippen molar-refractivity contribution in [2.24, 2.45) is 11.0 Å². The summed E-state index contributed by atoms with van der Waals surface area (Å²) in [4.78, 5) is 38.0. The number of hydrazone groups is 1. The molecule has 4 rings (SSSR count). The summed E-state index contributed by atoms with van der Waals surface area (Å²) in [6.07, 6.45) is 2.57. The van der Waals surface area contributed by atoms with Gasteiger partial charge < -0.3 is 10.6 Å². The minimum Gasteiger partial charge on any atom is -0.326 e. The van der Waals surface area contributed by atoms with E-state index in [4.69, 9.17) is 0 Å². The molecule has 2 aromatic carbocycles. The van der Waals surface area contributed by atoms with Gasteiger partial charge in [-0.25, -0.2) is 0 Å². The third kappa shape index (κ3) is 5.32. The molecule has 2 aromatic rings. The number of carbonyl (C=O) groups excluding carboxylic acids is 3. The van der Waals surface area contributed by atoms with Crippen LogP contribution in [-0.2, 0) is 14.4 Å². The second-order valence-electron chi connectivity index (χ2n) is 7.56. The van der Waals surface area contributed by atoms with Gasteiger partial charge in [0.2, 0.25) is 11.8 Å². The van der Waals surface area contributed by atoms with Crippen molar-refractivity contribution < 1.29 is 14.4 Å². The Balaban J connectivity index is 1.38. The zero-order valence-corrected chi connectivity index (χ0v) is 18.0. The van der Waals surface area contributed by atoms with Crippen molar-refractivity contribution in [3.63, 3.8) is 0 Å². The molecule has 7 nitrogen and oxygen atoms in total. The maximum Gasteiger partial charge on any atom is 0.255 e. The van der Waals surface area contributed by atoms with Crippen LogP contribution in [0.15, 0.2) is 64.6 Å². The zero-order chi connectivity index (χ0) is 21.8. The van der Waals surface area contributed by atoms with Crippen LogP contribution < -0.4 is 15.6 Å². The fourth-order valence-corrected chi connectivity index (χ4v) is 4.23. The Labute approximate surface area is 185 Å². The molecule has 31 heavy (non-hydrogen) atoms. The van der Waals surface area contributed by atoms with Gasteiger partial charge in [0.15, 0.2) is 0 Å². The van der Waals surface area contributed by atoms with Gasteiger partial charge in [0.1, 0.15) is 5.84 Å². The number of amides is 3. The fraction of sp³-hybridized carbons (Fsp3) is 0.304. The van der Waals surface area contributed by atoms with Gasteiger partial charge in [-0.05, 0) is 49.6 Å². The van der Waals surface area contributed by atoms with Gasteiger partial charge in [0.25, 0.3) is 5.91 Å². The summed E-state index contributed by atoms with van der Waals surface area (Å²) in [5.74, 6) is 0.167. The van der Waals surface area contributed by atoms with Crippen LogP contribution in [0.5, 0.6) is 0 Å². The van der Waals surface area contributed by atoms with Crippen LogP contribution in [0, 0.1) is 5.92 Å². The van der Waals surface area contributed by atoms with Crippen molar-refractivity contribution in [3.05, 3.63) is 54.6 Å². The highest BCUT2D eigenvalue weighted by Gasteiger charge is 2.30. The van der Waals surface area contributed by atoms with E-state index in [-0.39, 0.29) is 35.3 Å². The molecule has 1 aliphatic heterocycles. The van der Waals surface area contributed by atoms with Gasteiger partial charge in [-0.2, -0.15) is 10.1 Å². The summed E-state index contributed by atoms with van der Waals surface area (Å²) in [6.45, 7) is 1.94. The molecule has 0 radical (unpaired) electrons. The lowest BCUT2D eigenvalue weighted by Crippen LogP contribution is -2.36. The van der Waals surface area contributed by atoms with Crippen molar-refractivity contribution >= 4 is 46.7 Å². The highest BCUT2D eigenvalue weighted by atomic mass is 32.2. The van der Waals surface area contributed by atoms with Crippen molar-refractivity contribution in [3.8, 4) is 0 Å². The lowest BCUT2D eigenvalue weighted by molar-refractivity contribution is -0.119. The molecule has 0 bridgehead atoms. The largest absolute Gasteiger partial charge is 0.326 e. The molecule has 0 spiro atoms. The number of hydrogen-bond acceptors (Lipinski definition) is 5. The van der Waals surface area contributed by atoms with Crippen LogP contribution in [0.25, 0.3) is 0 Å². The highest BCUT2D eigenvalue weighted by Crippen LogP contribution is 2.32. The van der Waals surface area contributed by atoms with Crippen LogP contribution in [0.3, 0.4) is 0 Å². The predicted octanol–water partition coefficient (Wildman–Crippen LogP) is 3.77. The first-order valence-electron chi connectivity index (χ1n) is 10.4. The molecule has 8 heteroatoms. The maximum atomic E-state index is 12.8. The van der Waals surface area contributed by atoms with Gasteiger partial charge in [-0.15, -0.1) is 11.8 Å². The smallest absolute Gasteiger partial charge is 0.255 e. The Morgan fingerprint density at radius 2 is 1.90 bits per heavy atom. The van der Waals surface area contributed by atoms with E-state index in [1.807, 2.05) is 49.4 Å². The lowest BCUT2D eigenvalue weighted by atomic mass is 10.3. The molecule has 1 atom stereocenters. The number of anilines is 2.